The number of hydrogen-bond acceptors (Lipinski definition) is 6. The van der Waals surface area contributed by atoms with E-state index in [9.17, 15) is 22.4 Å². The van der Waals surface area contributed by atoms with Gasteiger partial charge in [0, 0.05) is 55.5 Å². The van der Waals surface area contributed by atoms with Crippen LogP contribution in [-0.4, -0.2) is 70.7 Å². The molecule has 0 unspecified atom stereocenters. The van der Waals surface area contributed by atoms with Gasteiger partial charge in [-0.2, -0.15) is 0 Å². The number of anilines is 1. The van der Waals surface area contributed by atoms with Gasteiger partial charge in [-0.25, -0.2) is 12.8 Å². The highest BCUT2D eigenvalue weighted by Gasteiger charge is 2.32. The number of carbonyl (C=O) groups excluding carboxylic acids is 2. The third kappa shape index (κ3) is 5.36. The lowest BCUT2D eigenvalue weighted by atomic mass is 9.88. The number of ether oxygens (including phenoxy) is 1. The van der Waals surface area contributed by atoms with E-state index in [2.05, 4.69) is 10.3 Å². The molecule has 0 aliphatic carbocycles. The summed E-state index contributed by atoms with van der Waals surface area (Å²) in [4.78, 5) is 32.3. The third-order valence-corrected chi connectivity index (χ3v) is 10.1. The van der Waals surface area contributed by atoms with Crippen LogP contribution in [0.5, 0.6) is 5.75 Å². The van der Waals surface area contributed by atoms with E-state index in [0.717, 1.165) is 22.7 Å². The summed E-state index contributed by atoms with van der Waals surface area (Å²) in [7, 11) is 0.869. The van der Waals surface area contributed by atoms with E-state index in [-0.39, 0.29) is 23.1 Å². The number of aryl methyl sites for hydroxylation is 1. The maximum atomic E-state index is 14.0. The summed E-state index contributed by atoms with van der Waals surface area (Å²) in [5, 5.41) is 4.05. The number of piperidine rings is 1. The molecular weight excluding hydrogens is 611 g/mol. The van der Waals surface area contributed by atoms with Gasteiger partial charge in [0.2, 0.25) is 10.0 Å². The van der Waals surface area contributed by atoms with E-state index < -0.39 is 21.7 Å². The number of carbonyl (C=O) groups is 2. The third-order valence-electron chi connectivity index (χ3n) is 8.87. The predicted molar refractivity (Wildman–Crippen MR) is 176 cm³/mol. The molecule has 2 amide bonds. The molecule has 6 rings (SSSR count). The number of sulfonamides is 1. The van der Waals surface area contributed by atoms with Gasteiger partial charge in [-0.3, -0.25) is 13.9 Å². The number of halogens is 1. The number of H-pyrrole nitrogens is 1. The summed E-state index contributed by atoms with van der Waals surface area (Å²) in [6.07, 6.45) is 2.50. The lowest BCUT2D eigenvalue weighted by Gasteiger charge is -2.35. The van der Waals surface area contributed by atoms with Crippen molar-refractivity contribution in [3.05, 3.63) is 82.8 Å². The van der Waals surface area contributed by atoms with Crippen LogP contribution in [0.15, 0.2) is 59.0 Å². The van der Waals surface area contributed by atoms with Gasteiger partial charge in [-0.1, -0.05) is 12.1 Å². The van der Waals surface area contributed by atoms with Gasteiger partial charge in [0.05, 0.1) is 30.1 Å². The highest BCUT2D eigenvalue weighted by molar-refractivity contribution is 7.92. The Kier molecular flexibility index (Phi) is 8.01. The molecule has 3 aromatic carbocycles. The maximum Gasteiger partial charge on any atom is 0.270 e. The average Bonchev–Trinajstić information content (AvgIpc) is 3.60. The molecule has 1 atom stereocenters. The molecule has 2 N–H and O–H groups in total. The van der Waals surface area contributed by atoms with Crippen LogP contribution >= 0.6 is 0 Å². The zero-order valence-corrected chi connectivity index (χ0v) is 27.0. The summed E-state index contributed by atoms with van der Waals surface area (Å²) in [5.74, 6) is -0.360. The number of aromatic nitrogens is 1. The Bertz CT molecular complexity index is 2100. The lowest BCUT2D eigenvalue weighted by Crippen LogP contribution is -2.40. The molecule has 0 bridgehead atoms. The molecule has 0 radical (unpaired) electrons. The van der Waals surface area contributed by atoms with E-state index >= 15 is 0 Å². The van der Waals surface area contributed by atoms with Crippen molar-refractivity contribution >= 4 is 49.4 Å². The molecule has 0 spiro atoms. The van der Waals surface area contributed by atoms with E-state index in [1.165, 1.54) is 42.7 Å². The van der Waals surface area contributed by atoms with Crippen LogP contribution in [0.25, 0.3) is 33.2 Å². The molecule has 1 aliphatic rings. The van der Waals surface area contributed by atoms with E-state index in [0.29, 0.717) is 65.2 Å². The number of likely N-dealkylation sites (tertiary alicyclic amines) is 1. The molecule has 240 valence electrons. The first-order chi connectivity index (χ1) is 21.9. The van der Waals surface area contributed by atoms with Crippen molar-refractivity contribution in [2.45, 2.75) is 25.7 Å². The molecule has 1 fully saturated rings. The smallest absolute Gasteiger partial charge is 0.270 e. The summed E-state index contributed by atoms with van der Waals surface area (Å²) < 4.78 is 52.3. The fourth-order valence-corrected chi connectivity index (χ4v) is 6.88. The van der Waals surface area contributed by atoms with Crippen molar-refractivity contribution < 1.29 is 31.6 Å². The number of methoxy groups -OCH3 is 1. The molecule has 1 saturated heterocycles. The largest absolute Gasteiger partial charge is 0.495 e. The van der Waals surface area contributed by atoms with Crippen LogP contribution in [0.3, 0.4) is 0 Å². The summed E-state index contributed by atoms with van der Waals surface area (Å²) in [5.41, 5.74) is 4.17. The van der Waals surface area contributed by atoms with Crippen molar-refractivity contribution in [3.8, 4) is 17.1 Å². The number of furan rings is 1. The second-order valence-corrected chi connectivity index (χ2v) is 13.6. The number of hydrogen-bond donors (Lipinski definition) is 2. The fraction of sp³-hybridized carbons (Fsp3) is 0.294. The SMILES string of the molecule is CNC(=O)c1c(-c2ccc(F)cc2)oc2cc(N(C)S(C)(=O)=O)c([C@H]3CCCN(C(=O)c4[nH]c5c(OC)cccc5c4C)C3)cc12. The zero-order chi connectivity index (χ0) is 32.9. The van der Waals surface area contributed by atoms with Crippen LogP contribution in [0.2, 0.25) is 0 Å². The molecule has 10 nitrogen and oxygen atoms in total. The summed E-state index contributed by atoms with van der Waals surface area (Å²) >= 11 is 0. The molecule has 12 heteroatoms. The molecule has 2 aromatic heterocycles. The minimum absolute atomic E-state index is 0.160. The molecule has 0 saturated carbocycles. The van der Waals surface area contributed by atoms with Crippen LogP contribution in [0.4, 0.5) is 10.1 Å². The Labute approximate surface area is 266 Å². The van der Waals surface area contributed by atoms with Gasteiger partial charge < -0.3 is 24.4 Å². The molecule has 5 aromatic rings. The van der Waals surface area contributed by atoms with Crippen molar-refractivity contribution in [2.24, 2.45) is 0 Å². The molecule has 3 heterocycles. The van der Waals surface area contributed by atoms with Gasteiger partial charge in [-0.05, 0) is 67.3 Å². The molecular formula is C34H35FN4O6S. The lowest BCUT2D eigenvalue weighted by molar-refractivity contribution is 0.0701. The number of fused-ring (bicyclic) bond motifs is 2. The van der Waals surface area contributed by atoms with Crippen molar-refractivity contribution in [1.82, 2.24) is 15.2 Å². The molecule has 1 aliphatic heterocycles. The Morgan fingerprint density at radius 3 is 2.54 bits per heavy atom. The standard InChI is InChI=1S/C34H35FN4O6S/c1-19-23-9-6-10-27(44-4)31(23)37-30(19)34(41)39-15-7-8-21(18-39)24-16-25-28(17-26(24)38(3)46(5,42)43)45-32(29(25)33(40)36-2)20-11-13-22(35)14-12-20/h6,9-14,16-17,21,37H,7-8,15,18H2,1-5H3,(H,36,40)/t21-/m0/s1. The van der Waals surface area contributed by atoms with Gasteiger partial charge in [0.15, 0.2) is 0 Å². The monoisotopic (exact) mass is 646 g/mol. The van der Waals surface area contributed by atoms with E-state index in [1.54, 1.807) is 24.1 Å². The Balaban J connectivity index is 1.46. The number of rotatable bonds is 7. The van der Waals surface area contributed by atoms with Crippen LogP contribution < -0.4 is 14.4 Å². The molecule has 46 heavy (non-hydrogen) atoms. The number of nitrogens with zero attached hydrogens (tertiary/aromatic N) is 2. The quantitative estimate of drug-likeness (QED) is 0.230. The van der Waals surface area contributed by atoms with Crippen LogP contribution in [0.1, 0.15) is 50.7 Å². The highest BCUT2D eigenvalue weighted by atomic mass is 32.2. The fourth-order valence-electron chi connectivity index (χ4n) is 6.37. The van der Waals surface area contributed by atoms with Gasteiger partial charge >= 0.3 is 0 Å². The summed E-state index contributed by atoms with van der Waals surface area (Å²) in [6.45, 7) is 2.77. The first-order valence-corrected chi connectivity index (χ1v) is 16.7. The topological polar surface area (TPSA) is 125 Å². The summed E-state index contributed by atoms with van der Waals surface area (Å²) in [6, 6.07) is 14.7. The highest BCUT2D eigenvalue weighted by Crippen LogP contribution is 2.42. The second-order valence-electron chi connectivity index (χ2n) is 11.6. The Morgan fingerprint density at radius 2 is 1.87 bits per heavy atom. The minimum atomic E-state index is -3.69. The maximum absolute atomic E-state index is 14.0. The zero-order valence-electron chi connectivity index (χ0n) is 26.2. The Morgan fingerprint density at radius 1 is 1.13 bits per heavy atom. The van der Waals surface area contributed by atoms with Crippen molar-refractivity contribution in [3.63, 3.8) is 0 Å². The normalized spacial score (nSPS) is 15.3. The number of amides is 2. The number of nitrogens with one attached hydrogen (secondary N) is 2. The second kappa shape index (κ2) is 11.8. The van der Waals surface area contributed by atoms with Crippen LogP contribution in [0, 0.1) is 12.7 Å². The van der Waals surface area contributed by atoms with Gasteiger partial charge in [0.25, 0.3) is 11.8 Å². The average molecular weight is 647 g/mol. The van der Waals surface area contributed by atoms with Crippen molar-refractivity contribution in [1.29, 1.82) is 0 Å². The van der Waals surface area contributed by atoms with Gasteiger partial charge in [-0.15, -0.1) is 0 Å². The minimum Gasteiger partial charge on any atom is -0.495 e. The van der Waals surface area contributed by atoms with Crippen molar-refractivity contribution in [2.75, 3.05) is 44.9 Å². The van der Waals surface area contributed by atoms with E-state index in [1.807, 2.05) is 25.1 Å². The van der Waals surface area contributed by atoms with Gasteiger partial charge in [0.1, 0.15) is 28.6 Å². The number of aromatic amines is 1. The number of benzene rings is 3. The van der Waals surface area contributed by atoms with E-state index in [4.69, 9.17) is 9.15 Å². The Hall–Kier alpha value is -4.84. The van der Waals surface area contributed by atoms with Crippen LogP contribution in [-0.2, 0) is 10.0 Å². The first-order valence-electron chi connectivity index (χ1n) is 14.9. The predicted octanol–water partition coefficient (Wildman–Crippen LogP) is 5.81. The first kappa shape index (κ1) is 31.2. The number of para-hydroxylation sites is 1.